The zero-order chi connectivity index (χ0) is 17.4. The first-order chi connectivity index (χ1) is 9.94. The summed E-state index contributed by atoms with van der Waals surface area (Å²) in [5.41, 5.74) is 4.35. The van der Waals surface area contributed by atoms with Gasteiger partial charge >= 0.3 is 6.09 Å². The van der Waals surface area contributed by atoms with Crippen molar-refractivity contribution >= 4 is 12.0 Å². The van der Waals surface area contributed by atoms with E-state index in [0.717, 1.165) is 0 Å². The molecule has 0 bridgehead atoms. The fourth-order valence-corrected chi connectivity index (χ4v) is 1.40. The second kappa shape index (κ2) is 8.95. The normalized spacial score (nSPS) is 13.4. The topological polar surface area (TPSA) is 103 Å². The first kappa shape index (κ1) is 20.7. The quantitative estimate of drug-likeness (QED) is 0.611. The molecule has 7 heteroatoms. The van der Waals surface area contributed by atoms with Gasteiger partial charge in [-0.05, 0) is 54.5 Å². The Morgan fingerprint density at radius 1 is 1.09 bits per heavy atom. The molecule has 1 atom stereocenters. The highest BCUT2D eigenvalue weighted by Crippen LogP contribution is 2.09. The molecule has 0 unspecified atom stereocenters. The van der Waals surface area contributed by atoms with Crippen molar-refractivity contribution in [2.45, 2.75) is 65.2 Å². The predicted octanol–water partition coefficient (Wildman–Crippen LogP) is 1.16. The Kier molecular flexibility index (Phi) is 8.40. The van der Waals surface area contributed by atoms with Crippen LogP contribution in [-0.4, -0.2) is 48.9 Å². The SMILES string of the molecule is CC(C)(C)OC[C@H](NC(=O)OC(C)(C)C)C(=O)NCCCN. The zero-order valence-corrected chi connectivity index (χ0v) is 14.6. The minimum Gasteiger partial charge on any atom is -0.444 e. The number of rotatable bonds is 7. The molecule has 0 saturated carbocycles. The van der Waals surface area contributed by atoms with Gasteiger partial charge in [-0.15, -0.1) is 0 Å². The number of hydrogen-bond donors (Lipinski definition) is 3. The van der Waals surface area contributed by atoms with Crippen LogP contribution in [0.5, 0.6) is 0 Å². The third kappa shape index (κ3) is 11.3. The van der Waals surface area contributed by atoms with Gasteiger partial charge in [-0.2, -0.15) is 0 Å². The van der Waals surface area contributed by atoms with Crippen molar-refractivity contribution in [3.8, 4) is 0 Å². The van der Waals surface area contributed by atoms with Crippen molar-refractivity contribution < 1.29 is 19.1 Å². The van der Waals surface area contributed by atoms with Gasteiger partial charge in [-0.1, -0.05) is 0 Å². The standard InChI is InChI=1S/C15H31N3O4/c1-14(2,3)21-10-11(12(19)17-9-7-8-16)18-13(20)22-15(4,5)6/h11H,7-10,16H2,1-6H3,(H,17,19)(H,18,20)/t11-/m0/s1. The van der Waals surface area contributed by atoms with Crippen LogP contribution in [0.15, 0.2) is 0 Å². The smallest absolute Gasteiger partial charge is 0.408 e. The Labute approximate surface area is 133 Å². The van der Waals surface area contributed by atoms with E-state index in [1.165, 1.54) is 0 Å². The molecule has 0 rings (SSSR count). The maximum absolute atomic E-state index is 12.1. The number of ether oxygens (including phenoxy) is 2. The van der Waals surface area contributed by atoms with Crippen LogP contribution in [0, 0.1) is 0 Å². The van der Waals surface area contributed by atoms with Gasteiger partial charge < -0.3 is 25.8 Å². The number of hydrogen-bond acceptors (Lipinski definition) is 5. The van der Waals surface area contributed by atoms with Crippen LogP contribution in [0.3, 0.4) is 0 Å². The summed E-state index contributed by atoms with van der Waals surface area (Å²) in [7, 11) is 0. The molecule has 0 aromatic heterocycles. The highest BCUT2D eigenvalue weighted by atomic mass is 16.6. The average Bonchev–Trinajstić information content (AvgIpc) is 2.31. The Bertz CT molecular complexity index is 359. The Morgan fingerprint density at radius 3 is 2.14 bits per heavy atom. The van der Waals surface area contributed by atoms with Gasteiger partial charge in [0.15, 0.2) is 0 Å². The average molecular weight is 317 g/mol. The molecule has 0 aliphatic rings. The first-order valence-corrected chi connectivity index (χ1v) is 7.56. The van der Waals surface area contributed by atoms with Crippen LogP contribution in [0.1, 0.15) is 48.0 Å². The van der Waals surface area contributed by atoms with Gasteiger partial charge in [0.2, 0.25) is 5.91 Å². The lowest BCUT2D eigenvalue weighted by molar-refractivity contribution is -0.126. The van der Waals surface area contributed by atoms with Crippen LogP contribution in [0.2, 0.25) is 0 Å². The van der Waals surface area contributed by atoms with Gasteiger partial charge in [-0.3, -0.25) is 4.79 Å². The molecule has 130 valence electrons. The van der Waals surface area contributed by atoms with Crippen molar-refractivity contribution in [3.63, 3.8) is 0 Å². The summed E-state index contributed by atoms with van der Waals surface area (Å²) < 4.78 is 10.8. The molecule has 0 aromatic rings. The van der Waals surface area contributed by atoms with Crippen molar-refractivity contribution in [1.29, 1.82) is 0 Å². The lowest BCUT2D eigenvalue weighted by atomic mass is 10.2. The molecule has 0 aliphatic heterocycles. The highest BCUT2D eigenvalue weighted by Gasteiger charge is 2.26. The number of nitrogens with two attached hydrogens (primary N) is 1. The lowest BCUT2D eigenvalue weighted by Crippen LogP contribution is -2.51. The molecule has 0 radical (unpaired) electrons. The summed E-state index contributed by atoms with van der Waals surface area (Å²) in [4.78, 5) is 24.0. The van der Waals surface area contributed by atoms with Crippen LogP contribution < -0.4 is 16.4 Å². The number of carbonyl (C=O) groups is 2. The first-order valence-electron chi connectivity index (χ1n) is 7.56. The fraction of sp³-hybridized carbons (Fsp3) is 0.867. The maximum Gasteiger partial charge on any atom is 0.408 e. The Morgan fingerprint density at radius 2 is 1.68 bits per heavy atom. The minimum atomic E-state index is -0.813. The minimum absolute atomic E-state index is 0.0667. The summed E-state index contributed by atoms with van der Waals surface area (Å²) >= 11 is 0. The third-order valence-corrected chi connectivity index (χ3v) is 2.37. The zero-order valence-electron chi connectivity index (χ0n) is 14.6. The van der Waals surface area contributed by atoms with Gasteiger partial charge in [0.1, 0.15) is 11.6 Å². The van der Waals surface area contributed by atoms with Crippen LogP contribution in [0.25, 0.3) is 0 Å². The van der Waals surface area contributed by atoms with Crippen LogP contribution in [-0.2, 0) is 14.3 Å². The third-order valence-electron chi connectivity index (χ3n) is 2.37. The van der Waals surface area contributed by atoms with E-state index in [4.69, 9.17) is 15.2 Å². The van der Waals surface area contributed by atoms with Gasteiger partial charge in [0.25, 0.3) is 0 Å². The summed E-state index contributed by atoms with van der Waals surface area (Å²) in [6.07, 6.45) is 0.0226. The van der Waals surface area contributed by atoms with E-state index in [1.807, 2.05) is 20.8 Å². The fourth-order valence-electron chi connectivity index (χ4n) is 1.40. The second-order valence-corrected chi connectivity index (χ2v) is 7.06. The Balaban J connectivity index is 4.63. The van der Waals surface area contributed by atoms with Gasteiger partial charge in [0.05, 0.1) is 12.2 Å². The largest absolute Gasteiger partial charge is 0.444 e. The van der Waals surface area contributed by atoms with E-state index >= 15 is 0 Å². The molecule has 0 saturated heterocycles. The number of alkyl carbamates (subject to hydrolysis) is 1. The molecule has 0 heterocycles. The number of carbonyl (C=O) groups excluding carboxylic acids is 2. The molecule has 0 fully saturated rings. The Hall–Kier alpha value is -1.34. The molecular weight excluding hydrogens is 286 g/mol. The van der Waals surface area contributed by atoms with E-state index in [9.17, 15) is 9.59 Å². The molecule has 4 N–H and O–H groups in total. The van der Waals surface area contributed by atoms with E-state index in [2.05, 4.69) is 10.6 Å². The monoisotopic (exact) mass is 317 g/mol. The molecule has 0 spiro atoms. The van der Waals surface area contributed by atoms with Crippen molar-refractivity contribution in [2.75, 3.05) is 19.7 Å². The second-order valence-electron chi connectivity index (χ2n) is 7.06. The van der Waals surface area contributed by atoms with Crippen LogP contribution >= 0.6 is 0 Å². The molecule has 2 amide bonds. The predicted molar refractivity (Wildman–Crippen MR) is 85.5 cm³/mol. The summed E-state index contributed by atoms with van der Waals surface area (Å²) in [6, 6.07) is -0.813. The number of nitrogens with one attached hydrogen (secondary N) is 2. The summed E-state index contributed by atoms with van der Waals surface area (Å²) in [6.45, 7) is 11.9. The molecule has 7 nitrogen and oxygen atoms in total. The molecule has 22 heavy (non-hydrogen) atoms. The molecule has 0 aliphatic carbocycles. The van der Waals surface area contributed by atoms with Crippen molar-refractivity contribution in [3.05, 3.63) is 0 Å². The van der Waals surface area contributed by atoms with Crippen molar-refractivity contribution in [1.82, 2.24) is 10.6 Å². The maximum atomic E-state index is 12.1. The highest BCUT2D eigenvalue weighted by molar-refractivity contribution is 5.85. The van der Waals surface area contributed by atoms with Gasteiger partial charge in [0, 0.05) is 6.54 Å². The molecular formula is C15H31N3O4. The summed E-state index contributed by atoms with van der Waals surface area (Å²) in [5.74, 6) is -0.316. The summed E-state index contributed by atoms with van der Waals surface area (Å²) in [5, 5.41) is 5.26. The van der Waals surface area contributed by atoms with Gasteiger partial charge in [-0.25, -0.2) is 4.79 Å². The van der Waals surface area contributed by atoms with Crippen LogP contribution in [0.4, 0.5) is 4.79 Å². The number of amides is 2. The van der Waals surface area contributed by atoms with Crippen molar-refractivity contribution in [2.24, 2.45) is 5.73 Å². The molecule has 0 aromatic carbocycles. The van der Waals surface area contributed by atoms with E-state index in [1.54, 1.807) is 20.8 Å². The lowest BCUT2D eigenvalue weighted by Gasteiger charge is -2.26. The van der Waals surface area contributed by atoms with E-state index in [-0.39, 0.29) is 12.5 Å². The van der Waals surface area contributed by atoms with E-state index < -0.39 is 23.3 Å². The van der Waals surface area contributed by atoms with E-state index in [0.29, 0.717) is 19.5 Å².